The van der Waals surface area contributed by atoms with Crippen molar-refractivity contribution in [2.75, 3.05) is 26.4 Å². The maximum atomic E-state index is 11.8. The monoisotopic (exact) mass is 330 g/mol. The molecule has 0 bridgehead atoms. The molecule has 0 saturated carbocycles. The fraction of sp³-hybridized carbons (Fsp3) is 0.500. The molecule has 0 aromatic carbocycles. The van der Waals surface area contributed by atoms with Crippen molar-refractivity contribution in [2.45, 2.75) is 13.0 Å². The Morgan fingerprint density at radius 3 is 2.90 bits per heavy atom. The van der Waals surface area contributed by atoms with E-state index in [1.807, 2.05) is 36.5 Å². The Kier molecular flexibility index (Phi) is 5.45. The highest BCUT2D eigenvalue weighted by Crippen LogP contribution is 2.22. The molecule has 0 atom stereocenters. The van der Waals surface area contributed by atoms with E-state index in [1.165, 1.54) is 11.3 Å². The predicted octanol–water partition coefficient (Wildman–Crippen LogP) is 1.17. The Labute approximate surface area is 128 Å². The van der Waals surface area contributed by atoms with Crippen LogP contribution in [0.15, 0.2) is 22.0 Å². The molecule has 0 aliphatic heterocycles. The lowest BCUT2D eigenvalue weighted by Gasteiger charge is -2.09. The minimum Gasteiger partial charge on any atom is -0.333 e. The van der Waals surface area contributed by atoms with E-state index in [4.69, 9.17) is 4.52 Å². The summed E-state index contributed by atoms with van der Waals surface area (Å²) in [5.41, 5.74) is 0. The number of aromatic nitrogens is 2. The van der Waals surface area contributed by atoms with Gasteiger partial charge < -0.3 is 9.42 Å². The third-order valence-corrected chi connectivity index (χ3v) is 4.94. The average molecular weight is 330 g/mol. The predicted molar refractivity (Wildman–Crippen MR) is 81.4 cm³/mol. The molecule has 0 saturated heterocycles. The van der Waals surface area contributed by atoms with Crippen LogP contribution in [0, 0.1) is 0 Å². The van der Waals surface area contributed by atoms with Crippen LogP contribution in [0.2, 0.25) is 0 Å². The summed E-state index contributed by atoms with van der Waals surface area (Å²) >= 11 is 1.49. The molecule has 116 valence electrons. The van der Waals surface area contributed by atoms with Gasteiger partial charge in [0.1, 0.15) is 0 Å². The molecule has 7 nitrogen and oxygen atoms in total. The van der Waals surface area contributed by atoms with Gasteiger partial charge in [0.15, 0.2) is 5.82 Å². The molecular formula is C12H18N4O3S2. The van der Waals surface area contributed by atoms with Crippen molar-refractivity contribution in [3.8, 4) is 10.8 Å². The first kappa shape index (κ1) is 16.1. The number of rotatable bonds is 8. The van der Waals surface area contributed by atoms with E-state index in [9.17, 15) is 8.42 Å². The minimum atomic E-state index is -3.32. The number of thiophene rings is 1. The van der Waals surface area contributed by atoms with E-state index in [1.54, 1.807) is 0 Å². The van der Waals surface area contributed by atoms with E-state index in [0.29, 0.717) is 18.1 Å². The molecule has 21 heavy (non-hydrogen) atoms. The van der Waals surface area contributed by atoms with Gasteiger partial charge in [0, 0.05) is 0 Å². The number of sulfonamides is 1. The smallest absolute Gasteiger partial charge is 0.268 e. The van der Waals surface area contributed by atoms with Gasteiger partial charge in [0.25, 0.3) is 5.89 Å². The normalized spacial score (nSPS) is 12.1. The number of nitrogens with zero attached hydrogens (tertiary/aromatic N) is 3. The Morgan fingerprint density at radius 2 is 2.24 bits per heavy atom. The molecule has 0 fully saturated rings. The van der Waals surface area contributed by atoms with Gasteiger partial charge in [0.05, 0.1) is 17.2 Å². The Morgan fingerprint density at radius 1 is 1.43 bits per heavy atom. The zero-order chi connectivity index (χ0) is 15.3. The van der Waals surface area contributed by atoms with Crippen LogP contribution in [0.3, 0.4) is 0 Å². The Balaban J connectivity index is 1.85. The second kappa shape index (κ2) is 7.12. The van der Waals surface area contributed by atoms with Crippen LogP contribution in [0.4, 0.5) is 0 Å². The van der Waals surface area contributed by atoms with Crippen LogP contribution in [0.5, 0.6) is 0 Å². The molecular weight excluding hydrogens is 312 g/mol. The summed E-state index contributed by atoms with van der Waals surface area (Å²) in [7, 11) is 0.501. The zero-order valence-electron chi connectivity index (χ0n) is 11.9. The van der Waals surface area contributed by atoms with Crippen LogP contribution in [-0.4, -0.2) is 49.9 Å². The molecule has 1 N–H and O–H groups in total. The number of hydrogen-bond donors (Lipinski definition) is 1. The van der Waals surface area contributed by atoms with Crippen LogP contribution in [0.25, 0.3) is 10.8 Å². The summed E-state index contributed by atoms with van der Waals surface area (Å²) in [6.45, 7) is 0.769. The van der Waals surface area contributed by atoms with E-state index in [2.05, 4.69) is 14.9 Å². The van der Waals surface area contributed by atoms with E-state index < -0.39 is 10.0 Å². The summed E-state index contributed by atoms with van der Waals surface area (Å²) in [6, 6.07) is 3.75. The standard InChI is InChI=1S/C12H18N4O3S2/c1-16(2)6-4-8-21(17,18)13-9-11-14-12(19-15-11)10-5-3-7-20-10/h3,5,7,13H,4,6,8-9H2,1-2H3. The van der Waals surface area contributed by atoms with Gasteiger partial charge in [-0.25, -0.2) is 13.1 Å². The molecule has 0 spiro atoms. The van der Waals surface area contributed by atoms with Crippen molar-refractivity contribution >= 4 is 21.4 Å². The largest absolute Gasteiger partial charge is 0.333 e. The lowest BCUT2D eigenvalue weighted by molar-refractivity contribution is 0.407. The van der Waals surface area contributed by atoms with Gasteiger partial charge in [-0.2, -0.15) is 4.98 Å². The quantitative estimate of drug-likeness (QED) is 0.781. The second-order valence-electron chi connectivity index (χ2n) is 4.79. The summed E-state index contributed by atoms with van der Waals surface area (Å²) in [4.78, 5) is 6.97. The maximum absolute atomic E-state index is 11.8. The fourth-order valence-electron chi connectivity index (χ4n) is 1.64. The molecule has 2 aromatic rings. The highest BCUT2D eigenvalue weighted by molar-refractivity contribution is 7.89. The van der Waals surface area contributed by atoms with Crippen molar-refractivity contribution in [1.82, 2.24) is 19.8 Å². The number of nitrogens with one attached hydrogen (secondary N) is 1. The van der Waals surface area contributed by atoms with Crippen LogP contribution in [-0.2, 0) is 16.6 Å². The van der Waals surface area contributed by atoms with Crippen molar-refractivity contribution in [3.63, 3.8) is 0 Å². The highest BCUT2D eigenvalue weighted by Gasteiger charge is 2.14. The maximum Gasteiger partial charge on any atom is 0.268 e. The molecule has 2 aromatic heterocycles. The number of hydrogen-bond acceptors (Lipinski definition) is 7. The zero-order valence-corrected chi connectivity index (χ0v) is 13.6. The molecule has 2 heterocycles. The van der Waals surface area contributed by atoms with E-state index in [-0.39, 0.29) is 12.3 Å². The lowest BCUT2D eigenvalue weighted by atomic mass is 10.5. The third-order valence-electron chi connectivity index (χ3n) is 2.67. The van der Waals surface area contributed by atoms with Gasteiger partial charge in [0.2, 0.25) is 10.0 Å². The van der Waals surface area contributed by atoms with Gasteiger partial charge >= 0.3 is 0 Å². The summed E-state index contributed by atoms with van der Waals surface area (Å²) in [6.07, 6.45) is 0.578. The Hall–Kier alpha value is -1.29. The topological polar surface area (TPSA) is 88.3 Å². The molecule has 2 rings (SSSR count). The third kappa shape index (κ3) is 5.20. The van der Waals surface area contributed by atoms with Crippen molar-refractivity contribution in [2.24, 2.45) is 0 Å². The van der Waals surface area contributed by atoms with Crippen LogP contribution in [0.1, 0.15) is 12.2 Å². The fourth-order valence-corrected chi connectivity index (χ4v) is 3.29. The summed E-state index contributed by atoms with van der Waals surface area (Å²) in [5, 5.41) is 5.68. The van der Waals surface area contributed by atoms with E-state index in [0.717, 1.165) is 11.4 Å². The summed E-state index contributed by atoms with van der Waals surface area (Å²) in [5.74, 6) is 0.822. The van der Waals surface area contributed by atoms with Crippen molar-refractivity contribution in [1.29, 1.82) is 0 Å². The molecule has 0 radical (unpaired) electrons. The second-order valence-corrected chi connectivity index (χ2v) is 7.66. The van der Waals surface area contributed by atoms with Crippen LogP contribution >= 0.6 is 11.3 Å². The van der Waals surface area contributed by atoms with Gasteiger partial charge in [-0.3, -0.25) is 0 Å². The molecule has 0 unspecified atom stereocenters. The van der Waals surface area contributed by atoms with Crippen LogP contribution < -0.4 is 4.72 Å². The average Bonchev–Trinajstić information content (AvgIpc) is 3.07. The first-order valence-corrected chi connectivity index (χ1v) is 8.98. The van der Waals surface area contributed by atoms with Crippen molar-refractivity contribution in [3.05, 3.63) is 23.3 Å². The Bertz CT molecular complexity index is 650. The van der Waals surface area contributed by atoms with Gasteiger partial charge in [-0.1, -0.05) is 11.2 Å². The SMILES string of the molecule is CN(C)CCCS(=O)(=O)NCc1noc(-c2cccs2)n1. The first-order chi connectivity index (χ1) is 9.96. The van der Waals surface area contributed by atoms with E-state index >= 15 is 0 Å². The molecule has 9 heteroatoms. The van der Waals surface area contributed by atoms with Crippen molar-refractivity contribution < 1.29 is 12.9 Å². The molecule has 0 amide bonds. The summed E-state index contributed by atoms with van der Waals surface area (Å²) < 4.78 is 31.2. The minimum absolute atomic E-state index is 0.0408. The molecule has 0 aliphatic carbocycles. The molecule has 0 aliphatic rings. The highest BCUT2D eigenvalue weighted by atomic mass is 32.2. The van der Waals surface area contributed by atoms with Gasteiger partial charge in [-0.15, -0.1) is 11.3 Å². The van der Waals surface area contributed by atoms with Gasteiger partial charge in [-0.05, 0) is 38.5 Å². The first-order valence-electron chi connectivity index (χ1n) is 6.45. The lowest BCUT2D eigenvalue weighted by Crippen LogP contribution is -2.28.